The fourth-order valence-electron chi connectivity index (χ4n) is 2.75. The number of likely N-dealkylation sites (N-methyl/N-ethyl adjacent to an activating group) is 1. The van der Waals surface area contributed by atoms with Gasteiger partial charge in [-0.05, 0) is 24.3 Å². The molecule has 1 heterocycles. The number of rotatable bonds is 6. The van der Waals surface area contributed by atoms with Crippen LogP contribution in [0.25, 0.3) is 0 Å². The molecule has 0 amide bonds. The van der Waals surface area contributed by atoms with Gasteiger partial charge in [0.2, 0.25) is 10.0 Å². The second-order valence-electron chi connectivity index (χ2n) is 5.94. The topological polar surface area (TPSA) is 55.8 Å². The Bertz CT molecular complexity index is 891. The van der Waals surface area contributed by atoms with Crippen LogP contribution in [0.5, 0.6) is 11.5 Å². The summed E-state index contributed by atoms with van der Waals surface area (Å²) >= 11 is 3.17. The molecule has 0 aromatic heterocycles. The van der Waals surface area contributed by atoms with Crippen LogP contribution in [0.15, 0.2) is 46.9 Å². The summed E-state index contributed by atoms with van der Waals surface area (Å²) < 4.78 is 52.8. The Balaban J connectivity index is 1.71. The van der Waals surface area contributed by atoms with Gasteiger partial charge in [-0.3, -0.25) is 0 Å². The number of ether oxygens (including phenoxy) is 2. The predicted molar refractivity (Wildman–Crippen MR) is 100 cm³/mol. The maximum atomic E-state index is 14.0. The average Bonchev–Trinajstić information content (AvgIpc) is 2.61. The number of hydrogen-bond acceptors (Lipinski definition) is 4. The number of hydrogen-bond donors (Lipinski definition) is 0. The van der Waals surface area contributed by atoms with Crippen LogP contribution in [0.3, 0.4) is 0 Å². The van der Waals surface area contributed by atoms with Crippen LogP contribution in [0.2, 0.25) is 0 Å². The van der Waals surface area contributed by atoms with E-state index in [1.54, 1.807) is 25.1 Å². The SMILES string of the molecule is CCN(CC1COc2ccccc2O1)S(=O)(=O)Cc1ccc(Br)cc1F. The lowest BCUT2D eigenvalue weighted by Gasteiger charge is -2.30. The molecule has 5 nitrogen and oxygen atoms in total. The van der Waals surface area contributed by atoms with E-state index < -0.39 is 27.7 Å². The smallest absolute Gasteiger partial charge is 0.218 e. The number of nitrogens with zero attached hydrogens (tertiary/aromatic N) is 1. The van der Waals surface area contributed by atoms with E-state index in [1.165, 1.54) is 16.4 Å². The van der Waals surface area contributed by atoms with E-state index in [1.807, 2.05) is 12.1 Å². The van der Waals surface area contributed by atoms with Crippen molar-refractivity contribution in [2.45, 2.75) is 18.8 Å². The summed E-state index contributed by atoms with van der Waals surface area (Å²) in [4.78, 5) is 0. The van der Waals surface area contributed by atoms with Gasteiger partial charge < -0.3 is 9.47 Å². The molecule has 0 aliphatic carbocycles. The van der Waals surface area contributed by atoms with E-state index in [-0.39, 0.29) is 25.3 Å². The van der Waals surface area contributed by atoms with Crippen LogP contribution in [0.1, 0.15) is 12.5 Å². The molecule has 0 saturated heterocycles. The molecule has 2 aromatic rings. The highest BCUT2D eigenvalue weighted by Crippen LogP contribution is 2.31. The highest BCUT2D eigenvalue weighted by Gasteiger charge is 2.29. The van der Waals surface area contributed by atoms with E-state index >= 15 is 0 Å². The summed E-state index contributed by atoms with van der Waals surface area (Å²) in [5.41, 5.74) is 0.137. The predicted octanol–water partition coefficient (Wildman–Crippen LogP) is 3.58. The first kappa shape index (κ1) is 19.1. The van der Waals surface area contributed by atoms with E-state index in [4.69, 9.17) is 9.47 Å². The van der Waals surface area contributed by atoms with Gasteiger partial charge in [-0.2, -0.15) is 4.31 Å². The van der Waals surface area contributed by atoms with Gasteiger partial charge in [0.1, 0.15) is 18.5 Å². The highest BCUT2D eigenvalue weighted by molar-refractivity contribution is 9.10. The first-order chi connectivity index (χ1) is 12.4. The van der Waals surface area contributed by atoms with Crippen molar-refractivity contribution in [2.24, 2.45) is 0 Å². The largest absolute Gasteiger partial charge is 0.486 e. The summed E-state index contributed by atoms with van der Waals surface area (Å²) in [5, 5.41) is 0. The molecule has 140 valence electrons. The zero-order chi connectivity index (χ0) is 18.7. The maximum absolute atomic E-state index is 14.0. The lowest BCUT2D eigenvalue weighted by Crippen LogP contribution is -2.44. The van der Waals surface area contributed by atoms with Crippen molar-refractivity contribution in [1.29, 1.82) is 0 Å². The number of para-hydroxylation sites is 2. The lowest BCUT2D eigenvalue weighted by atomic mass is 10.2. The highest BCUT2D eigenvalue weighted by atomic mass is 79.9. The summed E-state index contributed by atoms with van der Waals surface area (Å²) in [5.74, 6) is 0.289. The van der Waals surface area contributed by atoms with Crippen molar-refractivity contribution in [1.82, 2.24) is 4.31 Å². The third-order valence-electron chi connectivity index (χ3n) is 4.07. The molecule has 3 rings (SSSR count). The van der Waals surface area contributed by atoms with Gasteiger partial charge in [-0.15, -0.1) is 0 Å². The van der Waals surface area contributed by atoms with Crippen LogP contribution < -0.4 is 9.47 Å². The number of sulfonamides is 1. The number of fused-ring (bicyclic) bond motifs is 1. The summed E-state index contributed by atoms with van der Waals surface area (Å²) in [7, 11) is -3.70. The fourth-order valence-corrected chi connectivity index (χ4v) is 4.68. The van der Waals surface area contributed by atoms with Crippen molar-refractivity contribution in [3.05, 3.63) is 58.3 Å². The Morgan fingerprint density at radius 2 is 1.96 bits per heavy atom. The van der Waals surface area contributed by atoms with Gasteiger partial charge in [-0.1, -0.05) is 41.1 Å². The molecule has 1 aliphatic rings. The molecule has 1 aliphatic heterocycles. The molecule has 8 heteroatoms. The molecular formula is C18H19BrFNO4S. The van der Waals surface area contributed by atoms with Crippen LogP contribution in [-0.2, 0) is 15.8 Å². The zero-order valence-corrected chi connectivity index (χ0v) is 16.6. The standard InChI is InChI=1S/C18H19BrFNO4S/c1-2-21(10-15-11-24-17-5-3-4-6-18(17)25-15)26(22,23)12-13-7-8-14(19)9-16(13)20/h3-9,15H,2,10-12H2,1H3. The Morgan fingerprint density at radius 1 is 1.23 bits per heavy atom. The van der Waals surface area contributed by atoms with E-state index in [0.29, 0.717) is 16.0 Å². The molecule has 1 atom stereocenters. The van der Waals surface area contributed by atoms with Gasteiger partial charge in [-0.25, -0.2) is 12.8 Å². The molecule has 0 saturated carbocycles. The van der Waals surface area contributed by atoms with Crippen molar-refractivity contribution >= 4 is 26.0 Å². The Morgan fingerprint density at radius 3 is 2.65 bits per heavy atom. The minimum Gasteiger partial charge on any atom is -0.486 e. The van der Waals surface area contributed by atoms with Crippen LogP contribution in [-0.4, -0.2) is 38.5 Å². The van der Waals surface area contributed by atoms with Gasteiger partial charge in [0.05, 0.1) is 12.3 Å². The van der Waals surface area contributed by atoms with Crippen LogP contribution in [0, 0.1) is 5.82 Å². The van der Waals surface area contributed by atoms with Crippen molar-refractivity contribution in [2.75, 3.05) is 19.7 Å². The molecule has 0 N–H and O–H groups in total. The molecule has 26 heavy (non-hydrogen) atoms. The minimum absolute atomic E-state index is 0.137. The van der Waals surface area contributed by atoms with Gasteiger partial charge in [0, 0.05) is 16.6 Å². The zero-order valence-electron chi connectivity index (χ0n) is 14.2. The minimum atomic E-state index is -3.70. The molecule has 1 unspecified atom stereocenters. The molecule has 0 spiro atoms. The van der Waals surface area contributed by atoms with Gasteiger partial charge in [0.25, 0.3) is 0 Å². The van der Waals surface area contributed by atoms with Crippen molar-refractivity contribution in [3.63, 3.8) is 0 Å². The summed E-state index contributed by atoms with van der Waals surface area (Å²) in [6, 6.07) is 11.6. The molecule has 2 aromatic carbocycles. The van der Waals surface area contributed by atoms with E-state index in [0.717, 1.165) is 0 Å². The molecule has 0 fully saturated rings. The fraction of sp³-hybridized carbons (Fsp3) is 0.333. The normalized spacial score (nSPS) is 16.7. The Kier molecular flexibility index (Phi) is 5.84. The summed E-state index contributed by atoms with van der Waals surface area (Å²) in [6.07, 6.45) is -0.422. The first-order valence-corrected chi connectivity index (χ1v) is 10.6. The van der Waals surface area contributed by atoms with Crippen LogP contribution >= 0.6 is 15.9 Å². The van der Waals surface area contributed by atoms with Gasteiger partial charge >= 0.3 is 0 Å². The number of benzene rings is 2. The second kappa shape index (κ2) is 7.94. The first-order valence-electron chi connectivity index (χ1n) is 8.19. The van der Waals surface area contributed by atoms with Crippen molar-refractivity contribution in [3.8, 4) is 11.5 Å². The number of halogens is 2. The maximum Gasteiger partial charge on any atom is 0.218 e. The molecule has 0 bridgehead atoms. The van der Waals surface area contributed by atoms with Crippen LogP contribution in [0.4, 0.5) is 4.39 Å². The Labute approximate surface area is 160 Å². The molecule has 0 radical (unpaired) electrons. The third-order valence-corrected chi connectivity index (χ3v) is 6.44. The average molecular weight is 444 g/mol. The van der Waals surface area contributed by atoms with E-state index in [2.05, 4.69) is 15.9 Å². The quantitative estimate of drug-likeness (QED) is 0.684. The van der Waals surface area contributed by atoms with Crippen molar-refractivity contribution < 1.29 is 22.3 Å². The second-order valence-corrected chi connectivity index (χ2v) is 8.82. The lowest BCUT2D eigenvalue weighted by molar-refractivity contribution is 0.0771. The third kappa shape index (κ3) is 4.36. The summed E-state index contributed by atoms with van der Waals surface area (Å²) in [6.45, 7) is 2.41. The molecular weight excluding hydrogens is 425 g/mol. The Hall–Kier alpha value is -1.64. The monoisotopic (exact) mass is 443 g/mol. The van der Waals surface area contributed by atoms with Gasteiger partial charge in [0.15, 0.2) is 11.5 Å². The van der Waals surface area contributed by atoms with E-state index in [9.17, 15) is 12.8 Å².